The van der Waals surface area contributed by atoms with Crippen LogP contribution in [0.3, 0.4) is 0 Å². The van der Waals surface area contributed by atoms with E-state index >= 15 is 0 Å². The number of hydrogen-bond donors (Lipinski definition) is 0. The molecule has 1 amide bonds. The lowest BCUT2D eigenvalue weighted by Gasteiger charge is -2.25. The Hall–Kier alpha value is -2.94. The largest absolute Gasteiger partial charge is 0.341 e. The molecule has 0 aliphatic carbocycles. The third-order valence-electron chi connectivity index (χ3n) is 6.02. The smallest absolute Gasteiger partial charge is 0.270 e. The van der Waals surface area contributed by atoms with E-state index in [2.05, 4.69) is 66.1 Å². The number of fused-ring (bicyclic) bond motifs is 3. The van der Waals surface area contributed by atoms with E-state index in [9.17, 15) is 14.9 Å². The third-order valence-corrected chi connectivity index (χ3v) is 6.96. The predicted octanol–water partition coefficient (Wildman–Crippen LogP) is 6.61. The van der Waals surface area contributed by atoms with Crippen LogP contribution in [0.4, 0.5) is 11.4 Å². The maximum absolute atomic E-state index is 13.6. The van der Waals surface area contributed by atoms with E-state index in [1.165, 1.54) is 28.6 Å². The molecule has 0 spiro atoms. The van der Waals surface area contributed by atoms with Crippen LogP contribution in [0, 0.1) is 27.5 Å². The van der Waals surface area contributed by atoms with Gasteiger partial charge in [-0.1, -0.05) is 18.2 Å². The topological polar surface area (TPSA) is 68.4 Å². The summed E-state index contributed by atoms with van der Waals surface area (Å²) in [6.07, 6.45) is 0. The molecule has 164 valence electrons. The Morgan fingerprint density at radius 2 is 1.84 bits per heavy atom. The van der Waals surface area contributed by atoms with E-state index in [0.29, 0.717) is 15.7 Å². The Labute approximate surface area is 200 Å². The Balaban J connectivity index is 1.95. The molecule has 3 aromatic carbocycles. The van der Waals surface area contributed by atoms with E-state index in [1.54, 1.807) is 11.0 Å². The highest BCUT2D eigenvalue weighted by atomic mass is 127. The van der Waals surface area contributed by atoms with E-state index in [-0.39, 0.29) is 11.6 Å². The van der Waals surface area contributed by atoms with Crippen LogP contribution >= 0.6 is 22.6 Å². The first-order chi connectivity index (χ1) is 15.3. The fourth-order valence-corrected chi connectivity index (χ4v) is 5.14. The van der Waals surface area contributed by atoms with Crippen LogP contribution in [-0.2, 0) is 6.54 Å². The summed E-state index contributed by atoms with van der Waals surface area (Å²) in [5.41, 5.74) is 5.58. The minimum atomic E-state index is -0.468. The Morgan fingerprint density at radius 1 is 1.12 bits per heavy atom. The van der Waals surface area contributed by atoms with Gasteiger partial charge in [-0.25, -0.2) is 0 Å². The highest BCUT2D eigenvalue weighted by Gasteiger charge is 2.25. The summed E-state index contributed by atoms with van der Waals surface area (Å²) >= 11 is 2.06. The summed E-state index contributed by atoms with van der Waals surface area (Å²) in [5.74, 6) is -0.235. The minimum Gasteiger partial charge on any atom is -0.341 e. The number of aromatic nitrogens is 1. The molecule has 0 aliphatic heterocycles. The van der Waals surface area contributed by atoms with Crippen molar-refractivity contribution in [1.29, 1.82) is 0 Å². The quantitative estimate of drug-likeness (QED) is 0.162. The number of aryl methyl sites for hydroxylation is 3. The number of para-hydroxylation sites is 1. The first-order valence-corrected chi connectivity index (χ1v) is 11.6. The van der Waals surface area contributed by atoms with Gasteiger partial charge in [-0.3, -0.25) is 14.9 Å². The Morgan fingerprint density at radius 3 is 2.50 bits per heavy atom. The fourth-order valence-electron chi connectivity index (χ4n) is 4.57. The van der Waals surface area contributed by atoms with Gasteiger partial charge in [0.1, 0.15) is 0 Å². The number of nitrogens with zero attached hydrogens (tertiary/aromatic N) is 3. The molecule has 4 aromatic rings. The average molecular weight is 541 g/mol. The number of carbonyl (C=O) groups is 1. The van der Waals surface area contributed by atoms with Crippen molar-refractivity contribution in [3.05, 3.63) is 78.9 Å². The van der Waals surface area contributed by atoms with Gasteiger partial charge in [0, 0.05) is 50.8 Å². The summed E-state index contributed by atoms with van der Waals surface area (Å²) in [4.78, 5) is 26.1. The molecule has 1 aromatic heterocycles. The summed E-state index contributed by atoms with van der Waals surface area (Å²) < 4.78 is 3.01. The van der Waals surface area contributed by atoms with Gasteiger partial charge in [0.05, 0.1) is 16.0 Å². The lowest BCUT2D eigenvalue weighted by Crippen LogP contribution is -2.32. The van der Waals surface area contributed by atoms with Crippen molar-refractivity contribution in [2.75, 3.05) is 11.4 Å². The Kier molecular flexibility index (Phi) is 5.94. The minimum absolute atomic E-state index is 0.0841. The molecule has 0 atom stereocenters. The van der Waals surface area contributed by atoms with Gasteiger partial charge in [0.15, 0.2) is 0 Å². The zero-order valence-electron chi connectivity index (χ0n) is 18.5. The molecule has 6 nitrogen and oxygen atoms in total. The van der Waals surface area contributed by atoms with E-state index in [4.69, 9.17) is 0 Å². The van der Waals surface area contributed by atoms with Crippen LogP contribution in [0.25, 0.3) is 21.8 Å². The van der Waals surface area contributed by atoms with Crippen LogP contribution in [0.1, 0.15) is 35.3 Å². The molecule has 0 N–H and O–H groups in total. The lowest BCUT2D eigenvalue weighted by molar-refractivity contribution is -0.384. The number of nitro groups is 1. The number of rotatable bonds is 5. The molecule has 0 saturated heterocycles. The van der Waals surface area contributed by atoms with E-state index in [1.807, 2.05) is 19.1 Å². The van der Waals surface area contributed by atoms with E-state index in [0.717, 1.165) is 28.7 Å². The van der Waals surface area contributed by atoms with Gasteiger partial charge >= 0.3 is 0 Å². The maximum Gasteiger partial charge on any atom is 0.270 e. The second-order valence-electron chi connectivity index (χ2n) is 7.79. The summed E-state index contributed by atoms with van der Waals surface area (Å²) in [6.45, 7) is 9.50. The second kappa shape index (κ2) is 8.54. The highest BCUT2D eigenvalue weighted by molar-refractivity contribution is 14.1. The SMILES string of the molecule is CCN(C(=O)c1cc([N+](=O)[O-])ccc1I)c1cc(C)c2c(c1C)c1ccccc1n2CC. The molecule has 0 unspecified atom stereocenters. The third kappa shape index (κ3) is 3.44. The van der Waals surface area contributed by atoms with Crippen LogP contribution in [0.2, 0.25) is 0 Å². The van der Waals surface area contributed by atoms with Crippen molar-refractivity contribution in [3.63, 3.8) is 0 Å². The zero-order chi connectivity index (χ0) is 23.2. The first kappa shape index (κ1) is 22.3. The molecular weight excluding hydrogens is 517 g/mol. The standard InChI is InChI=1S/C25H24IN3O3/c1-5-27-21-10-8-7-9-18(21)23-16(4)22(13-15(3)24(23)27)28(6-2)25(30)19-14-17(29(31)32)11-12-20(19)26/h7-14H,5-6H2,1-4H3. The second-order valence-corrected chi connectivity index (χ2v) is 8.96. The number of benzene rings is 3. The van der Waals surface area contributed by atoms with Crippen LogP contribution in [0.5, 0.6) is 0 Å². The molecule has 0 bridgehead atoms. The number of nitro benzene ring substituents is 1. The molecule has 1 heterocycles. The van der Waals surface area contributed by atoms with Gasteiger partial charge in [-0.2, -0.15) is 0 Å². The maximum atomic E-state index is 13.6. The van der Waals surface area contributed by atoms with E-state index < -0.39 is 4.92 Å². The zero-order valence-corrected chi connectivity index (χ0v) is 20.6. The average Bonchev–Trinajstić information content (AvgIpc) is 3.12. The van der Waals surface area contributed by atoms with Gasteiger partial charge < -0.3 is 9.47 Å². The number of halogens is 1. The molecular formula is C25H24IN3O3. The van der Waals surface area contributed by atoms with Crippen molar-refractivity contribution in [3.8, 4) is 0 Å². The lowest BCUT2D eigenvalue weighted by atomic mass is 10.0. The molecule has 0 radical (unpaired) electrons. The molecule has 7 heteroatoms. The van der Waals surface area contributed by atoms with Crippen LogP contribution in [-0.4, -0.2) is 21.9 Å². The molecule has 32 heavy (non-hydrogen) atoms. The van der Waals surface area contributed by atoms with Gasteiger partial charge in [-0.15, -0.1) is 0 Å². The summed E-state index contributed by atoms with van der Waals surface area (Å²) in [6, 6.07) is 14.8. The first-order valence-electron chi connectivity index (χ1n) is 10.6. The highest BCUT2D eigenvalue weighted by Crippen LogP contribution is 2.39. The number of amides is 1. The van der Waals surface area contributed by atoms with Crippen molar-refractivity contribution in [2.24, 2.45) is 0 Å². The Bertz CT molecular complexity index is 1390. The normalized spacial score (nSPS) is 11.3. The van der Waals surface area contributed by atoms with Crippen molar-refractivity contribution >= 4 is 61.7 Å². The van der Waals surface area contributed by atoms with Crippen molar-refractivity contribution in [2.45, 2.75) is 34.2 Å². The molecule has 0 fully saturated rings. The molecule has 0 saturated carbocycles. The van der Waals surface area contributed by atoms with Crippen LogP contribution in [0.15, 0.2) is 48.5 Å². The molecule has 4 rings (SSSR count). The van der Waals surface area contributed by atoms with Gasteiger partial charge in [0.25, 0.3) is 11.6 Å². The van der Waals surface area contributed by atoms with Crippen molar-refractivity contribution in [1.82, 2.24) is 4.57 Å². The van der Waals surface area contributed by atoms with Gasteiger partial charge in [-0.05, 0) is 79.6 Å². The van der Waals surface area contributed by atoms with Crippen LogP contribution < -0.4 is 4.90 Å². The fraction of sp³-hybridized carbons (Fsp3) is 0.240. The number of carbonyl (C=O) groups excluding carboxylic acids is 1. The van der Waals surface area contributed by atoms with Gasteiger partial charge in [0.2, 0.25) is 0 Å². The monoisotopic (exact) mass is 541 g/mol. The number of hydrogen-bond acceptors (Lipinski definition) is 3. The number of non-ortho nitro benzene ring substituents is 1. The summed E-state index contributed by atoms with van der Waals surface area (Å²) in [5, 5.41) is 13.6. The molecule has 0 aliphatic rings. The predicted molar refractivity (Wildman–Crippen MR) is 138 cm³/mol. The van der Waals surface area contributed by atoms with Crippen molar-refractivity contribution < 1.29 is 9.72 Å². The summed E-state index contributed by atoms with van der Waals surface area (Å²) in [7, 11) is 0. The number of anilines is 1.